The van der Waals surface area contributed by atoms with Gasteiger partial charge in [0.25, 0.3) is 0 Å². The number of carbonyl (C=O) groups is 1. The summed E-state index contributed by atoms with van der Waals surface area (Å²) in [5.74, 6) is 0.0664. The summed E-state index contributed by atoms with van der Waals surface area (Å²) in [6.45, 7) is 6.18. The first kappa shape index (κ1) is 12.2. The van der Waals surface area contributed by atoms with Crippen LogP contribution in [0.5, 0.6) is 0 Å². The molecule has 0 saturated heterocycles. The number of aliphatic hydroxyl groups is 1. The van der Waals surface area contributed by atoms with E-state index in [1.807, 2.05) is 13.8 Å². The third-order valence-electron chi connectivity index (χ3n) is 1.45. The fraction of sp³-hybridized carbons (Fsp3) is 0.700. The summed E-state index contributed by atoms with van der Waals surface area (Å²) >= 11 is 0. The van der Waals surface area contributed by atoms with Crippen LogP contribution >= 0.6 is 0 Å². The van der Waals surface area contributed by atoms with Crippen LogP contribution in [-0.2, 0) is 9.53 Å². The number of hydrogen-bond acceptors (Lipinski definition) is 3. The van der Waals surface area contributed by atoms with E-state index >= 15 is 0 Å². The van der Waals surface area contributed by atoms with Crippen LogP contribution in [0.25, 0.3) is 0 Å². The van der Waals surface area contributed by atoms with Gasteiger partial charge in [-0.25, -0.2) is 4.79 Å². The maximum atomic E-state index is 11.2. The number of aliphatic hydroxyl groups excluding tert-OH is 1. The third-order valence-corrected chi connectivity index (χ3v) is 1.45. The number of carbonyl (C=O) groups excluding carboxylic acids is 1. The van der Waals surface area contributed by atoms with Crippen LogP contribution in [0.3, 0.4) is 0 Å². The molecule has 0 radical (unpaired) electrons. The Morgan fingerprint density at radius 3 is 2.62 bits per heavy atom. The Morgan fingerprint density at radius 1 is 1.54 bits per heavy atom. The normalized spacial score (nSPS) is 11.9. The van der Waals surface area contributed by atoms with Crippen molar-refractivity contribution in [2.45, 2.75) is 27.2 Å². The maximum absolute atomic E-state index is 11.2. The molecule has 3 nitrogen and oxygen atoms in total. The van der Waals surface area contributed by atoms with Crippen molar-refractivity contribution in [3.63, 3.8) is 0 Å². The van der Waals surface area contributed by atoms with E-state index in [1.54, 1.807) is 13.0 Å². The molecule has 0 aromatic rings. The standard InChI is InChI=1S/C10H18O3/c1-8(2)7-13-10(12)9(3)5-4-6-11/h5,8,11H,4,6-7H2,1-3H3. The minimum absolute atomic E-state index is 0.0643. The van der Waals surface area contributed by atoms with Gasteiger partial charge < -0.3 is 9.84 Å². The molecule has 0 unspecified atom stereocenters. The Bertz CT molecular complexity index is 183. The summed E-state index contributed by atoms with van der Waals surface area (Å²) in [6, 6.07) is 0. The van der Waals surface area contributed by atoms with Gasteiger partial charge in [-0.05, 0) is 19.3 Å². The summed E-state index contributed by atoms with van der Waals surface area (Å²) in [6.07, 6.45) is 2.19. The topological polar surface area (TPSA) is 46.5 Å². The molecule has 0 saturated carbocycles. The van der Waals surface area contributed by atoms with E-state index in [0.717, 1.165) is 0 Å². The molecule has 0 aliphatic heterocycles. The SMILES string of the molecule is CC(=CCCO)C(=O)OCC(C)C. The first-order chi connectivity index (χ1) is 6.07. The predicted octanol–water partition coefficient (Wildman–Crippen LogP) is 1.51. The second-order valence-corrected chi connectivity index (χ2v) is 3.39. The second-order valence-electron chi connectivity index (χ2n) is 3.39. The second kappa shape index (κ2) is 6.66. The van der Waals surface area contributed by atoms with Gasteiger partial charge in [-0.3, -0.25) is 0 Å². The maximum Gasteiger partial charge on any atom is 0.333 e. The van der Waals surface area contributed by atoms with Crippen molar-refractivity contribution in [2.24, 2.45) is 5.92 Å². The monoisotopic (exact) mass is 186 g/mol. The lowest BCUT2D eigenvalue weighted by Gasteiger charge is -2.06. The predicted molar refractivity (Wildman–Crippen MR) is 51.3 cm³/mol. The average Bonchev–Trinajstić information content (AvgIpc) is 2.10. The van der Waals surface area contributed by atoms with Crippen molar-refractivity contribution in [3.8, 4) is 0 Å². The Kier molecular flexibility index (Phi) is 6.24. The van der Waals surface area contributed by atoms with E-state index in [0.29, 0.717) is 24.5 Å². The number of ether oxygens (including phenoxy) is 1. The highest BCUT2D eigenvalue weighted by atomic mass is 16.5. The fourth-order valence-corrected chi connectivity index (χ4v) is 0.721. The van der Waals surface area contributed by atoms with Gasteiger partial charge in [-0.2, -0.15) is 0 Å². The van der Waals surface area contributed by atoms with Crippen molar-refractivity contribution in [3.05, 3.63) is 11.6 Å². The summed E-state index contributed by atoms with van der Waals surface area (Å²) in [4.78, 5) is 11.2. The van der Waals surface area contributed by atoms with Crippen molar-refractivity contribution in [1.82, 2.24) is 0 Å². The minimum Gasteiger partial charge on any atom is -0.462 e. The van der Waals surface area contributed by atoms with Gasteiger partial charge in [0.05, 0.1) is 6.61 Å². The fourth-order valence-electron chi connectivity index (χ4n) is 0.721. The summed E-state index contributed by atoms with van der Waals surface area (Å²) in [5, 5.41) is 8.52. The molecule has 0 aromatic heterocycles. The summed E-state index contributed by atoms with van der Waals surface area (Å²) in [7, 11) is 0. The molecule has 0 aliphatic rings. The first-order valence-electron chi connectivity index (χ1n) is 4.52. The Morgan fingerprint density at radius 2 is 2.15 bits per heavy atom. The van der Waals surface area contributed by atoms with Gasteiger partial charge >= 0.3 is 5.97 Å². The lowest BCUT2D eigenvalue weighted by Crippen LogP contribution is -2.10. The molecule has 0 bridgehead atoms. The highest BCUT2D eigenvalue weighted by molar-refractivity contribution is 5.87. The molecule has 0 aliphatic carbocycles. The van der Waals surface area contributed by atoms with E-state index in [1.165, 1.54) is 0 Å². The van der Waals surface area contributed by atoms with Crippen LogP contribution in [0.15, 0.2) is 11.6 Å². The van der Waals surface area contributed by atoms with Gasteiger partial charge in [-0.15, -0.1) is 0 Å². The van der Waals surface area contributed by atoms with Crippen molar-refractivity contribution in [2.75, 3.05) is 13.2 Å². The largest absolute Gasteiger partial charge is 0.462 e. The Hall–Kier alpha value is -0.830. The van der Waals surface area contributed by atoms with Crippen LogP contribution in [0.2, 0.25) is 0 Å². The number of esters is 1. The first-order valence-corrected chi connectivity index (χ1v) is 4.52. The van der Waals surface area contributed by atoms with E-state index in [9.17, 15) is 4.79 Å². The Labute approximate surface area is 79.4 Å². The molecular weight excluding hydrogens is 168 g/mol. The molecule has 13 heavy (non-hydrogen) atoms. The molecule has 0 rings (SSSR count). The van der Waals surface area contributed by atoms with Crippen molar-refractivity contribution < 1.29 is 14.6 Å². The summed E-state index contributed by atoms with van der Waals surface area (Å²) in [5.41, 5.74) is 0.565. The highest BCUT2D eigenvalue weighted by Gasteiger charge is 2.05. The lowest BCUT2D eigenvalue weighted by atomic mass is 10.2. The van der Waals surface area contributed by atoms with E-state index in [4.69, 9.17) is 9.84 Å². The van der Waals surface area contributed by atoms with Gasteiger partial charge in [0.15, 0.2) is 0 Å². The summed E-state index contributed by atoms with van der Waals surface area (Å²) < 4.78 is 4.97. The van der Waals surface area contributed by atoms with Crippen LogP contribution in [-0.4, -0.2) is 24.3 Å². The highest BCUT2D eigenvalue weighted by Crippen LogP contribution is 2.01. The molecular formula is C10H18O3. The third kappa shape index (κ3) is 6.34. The molecule has 0 fully saturated rings. The smallest absolute Gasteiger partial charge is 0.333 e. The van der Waals surface area contributed by atoms with Gasteiger partial charge in [0.2, 0.25) is 0 Å². The zero-order chi connectivity index (χ0) is 10.3. The van der Waals surface area contributed by atoms with Crippen molar-refractivity contribution in [1.29, 1.82) is 0 Å². The number of hydrogen-bond donors (Lipinski definition) is 1. The zero-order valence-electron chi connectivity index (χ0n) is 8.54. The quantitative estimate of drug-likeness (QED) is 0.523. The van der Waals surface area contributed by atoms with E-state index < -0.39 is 0 Å². The van der Waals surface area contributed by atoms with Crippen LogP contribution in [0.1, 0.15) is 27.2 Å². The molecule has 1 N–H and O–H groups in total. The molecule has 76 valence electrons. The van der Waals surface area contributed by atoms with E-state index in [-0.39, 0.29) is 12.6 Å². The van der Waals surface area contributed by atoms with Crippen LogP contribution < -0.4 is 0 Å². The van der Waals surface area contributed by atoms with Gasteiger partial charge in [0, 0.05) is 12.2 Å². The van der Waals surface area contributed by atoms with E-state index in [2.05, 4.69) is 0 Å². The van der Waals surface area contributed by atoms with Gasteiger partial charge in [-0.1, -0.05) is 19.9 Å². The van der Waals surface area contributed by atoms with Crippen LogP contribution in [0, 0.1) is 5.92 Å². The molecule has 0 amide bonds. The average molecular weight is 186 g/mol. The molecule has 0 heterocycles. The molecule has 0 spiro atoms. The number of rotatable bonds is 5. The minimum atomic E-state index is -0.290. The zero-order valence-corrected chi connectivity index (χ0v) is 8.54. The lowest BCUT2D eigenvalue weighted by molar-refractivity contribution is -0.140. The molecule has 0 atom stereocenters. The molecule has 0 aromatic carbocycles. The van der Waals surface area contributed by atoms with Crippen molar-refractivity contribution >= 4 is 5.97 Å². The van der Waals surface area contributed by atoms with Gasteiger partial charge in [0.1, 0.15) is 0 Å². The molecule has 3 heteroatoms. The Balaban J connectivity index is 3.82. The van der Waals surface area contributed by atoms with Crippen LogP contribution in [0.4, 0.5) is 0 Å².